The largest absolute Gasteiger partial charge is 0.383 e. The van der Waals surface area contributed by atoms with Gasteiger partial charge in [0.15, 0.2) is 5.16 Å². The Morgan fingerprint density at radius 1 is 1.33 bits per heavy atom. The lowest BCUT2D eigenvalue weighted by Crippen LogP contribution is -2.25. The normalized spacial score (nSPS) is 10.9. The molecule has 15 heavy (non-hydrogen) atoms. The predicted octanol–water partition coefficient (Wildman–Crippen LogP) is 0.731. The van der Waals surface area contributed by atoms with Crippen LogP contribution in [-0.2, 0) is 0 Å². The third kappa shape index (κ3) is 4.85. The molecule has 0 spiro atoms. The Labute approximate surface area is 94.0 Å². The number of anilines is 2. The van der Waals surface area contributed by atoms with Gasteiger partial charge in [-0.25, -0.2) is 9.97 Å². The summed E-state index contributed by atoms with van der Waals surface area (Å²) >= 11 is 1.55. The number of nitrogens with one attached hydrogen (secondary N) is 1. The molecule has 0 radical (unpaired) electrons. The van der Waals surface area contributed by atoms with Crippen LogP contribution in [0.2, 0.25) is 0 Å². The first-order chi connectivity index (χ1) is 7.08. The molecule has 0 aliphatic heterocycles. The number of nitrogens with zero attached hydrogens (tertiary/aromatic N) is 2. The molecule has 0 saturated carbocycles. The molecule has 1 heterocycles. The molecule has 0 atom stereocenters. The maximum absolute atomic E-state index is 5.55. The van der Waals surface area contributed by atoms with E-state index in [-0.39, 0.29) is 0 Å². The summed E-state index contributed by atoms with van der Waals surface area (Å²) in [6, 6.07) is 2.05. The lowest BCUT2D eigenvalue weighted by molar-refractivity contribution is 0.616. The Morgan fingerprint density at radius 2 is 1.93 bits per heavy atom. The zero-order chi connectivity index (χ0) is 11.3. The van der Waals surface area contributed by atoms with Gasteiger partial charge < -0.3 is 16.8 Å². The molecular formula is C9H17N5S. The zero-order valence-corrected chi connectivity index (χ0v) is 9.84. The Morgan fingerprint density at radius 3 is 2.47 bits per heavy atom. The molecule has 84 valence electrons. The molecule has 0 saturated heterocycles. The molecule has 0 aromatic carbocycles. The van der Waals surface area contributed by atoms with E-state index < -0.39 is 0 Å². The van der Waals surface area contributed by atoms with Gasteiger partial charge in [0.25, 0.3) is 0 Å². The molecule has 5 nitrogen and oxygen atoms in total. The van der Waals surface area contributed by atoms with Gasteiger partial charge in [-0.3, -0.25) is 0 Å². The standard InChI is InChI=1S/C9H17N5S/c1-6(2)12-3-4-15-9-13-7(10)5-8(11)14-9/h5-6,12H,3-4H2,1-2H3,(H4,10,11,13,14). The number of rotatable bonds is 5. The molecule has 1 rings (SSSR count). The minimum absolute atomic E-state index is 0.418. The summed E-state index contributed by atoms with van der Waals surface area (Å²) in [4.78, 5) is 8.15. The van der Waals surface area contributed by atoms with E-state index in [1.165, 1.54) is 0 Å². The first-order valence-corrected chi connectivity index (χ1v) is 5.82. The van der Waals surface area contributed by atoms with Crippen molar-refractivity contribution in [2.75, 3.05) is 23.8 Å². The minimum Gasteiger partial charge on any atom is -0.383 e. The van der Waals surface area contributed by atoms with E-state index in [2.05, 4.69) is 29.1 Å². The fourth-order valence-corrected chi connectivity index (χ4v) is 1.76. The van der Waals surface area contributed by atoms with Crippen LogP contribution in [0.15, 0.2) is 11.2 Å². The van der Waals surface area contributed by atoms with Crippen LogP contribution < -0.4 is 16.8 Å². The molecule has 0 aliphatic rings. The van der Waals surface area contributed by atoms with Gasteiger partial charge in [-0.05, 0) is 0 Å². The van der Waals surface area contributed by atoms with E-state index in [0.717, 1.165) is 12.3 Å². The topological polar surface area (TPSA) is 89.8 Å². The van der Waals surface area contributed by atoms with Gasteiger partial charge in [-0.2, -0.15) is 0 Å². The SMILES string of the molecule is CC(C)NCCSc1nc(N)cc(N)n1. The van der Waals surface area contributed by atoms with E-state index in [1.54, 1.807) is 17.8 Å². The average molecular weight is 227 g/mol. The molecule has 5 N–H and O–H groups in total. The molecule has 0 aliphatic carbocycles. The van der Waals surface area contributed by atoms with Crippen molar-refractivity contribution in [1.82, 2.24) is 15.3 Å². The van der Waals surface area contributed by atoms with Crippen molar-refractivity contribution >= 4 is 23.4 Å². The van der Waals surface area contributed by atoms with Crippen LogP contribution in [-0.4, -0.2) is 28.3 Å². The summed E-state index contributed by atoms with van der Waals surface area (Å²) in [5.41, 5.74) is 11.1. The second kappa shape index (κ2) is 5.77. The second-order valence-corrected chi connectivity index (χ2v) is 4.52. The van der Waals surface area contributed by atoms with Crippen LogP contribution in [0.4, 0.5) is 11.6 Å². The third-order valence-corrected chi connectivity index (χ3v) is 2.48. The quantitative estimate of drug-likeness (QED) is 0.390. The molecule has 1 aromatic rings. The highest BCUT2D eigenvalue weighted by molar-refractivity contribution is 7.99. The van der Waals surface area contributed by atoms with E-state index in [1.807, 2.05) is 0 Å². The summed E-state index contributed by atoms with van der Waals surface area (Å²) in [6.45, 7) is 5.14. The monoisotopic (exact) mass is 227 g/mol. The van der Waals surface area contributed by atoms with Crippen molar-refractivity contribution in [2.24, 2.45) is 0 Å². The fourth-order valence-electron chi connectivity index (χ4n) is 1.02. The lowest BCUT2D eigenvalue weighted by Gasteiger charge is -2.07. The van der Waals surface area contributed by atoms with Crippen LogP contribution in [0.5, 0.6) is 0 Å². The van der Waals surface area contributed by atoms with Crippen molar-refractivity contribution in [2.45, 2.75) is 25.0 Å². The van der Waals surface area contributed by atoms with Crippen molar-refractivity contribution < 1.29 is 0 Å². The Bertz CT molecular complexity index is 295. The van der Waals surface area contributed by atoms with Gasteiger partial charge in [-0.1, -0.05) is 25.6 Å². The zero-order valence-electron chi connectivity index (χ0n) is 9.03. The maximum atomic E-state index is 5.55. The van der Waals surface area contributed by atoms with Crippen LogP contribution >= 0.6 is 11.8 Å². The van der Waals surface area contributed by atoms with Crippen molar-refractivity contribution in [1.29, 1.82) is 0 Å². The molecule has 0 unspecified atom stereocenters. The first-order valence-electron chi connectivity index (χ1n) is 4.84. The summed E-state index contributed by atoms with van der Waals surface area (Å²) < 4.78 is 0. The third-order valence-electron chi connectivity index (χ3n) is 1.63. The summed E-state index contributed by atoms with van der Waals surface area (Å²) in [5.74, 6) is 1.74. The number of thioether (sulfide) groups is 1. The fraction of sp³-hybridized carbons (Fsp3) is 0.556. The smallest absolute Gasteiger partial charge is 0.191 e. The van der Waals surface area contributed by atoms with Crippen LogP contribution in [0.1, 0.15) is 13.8 Å². The van der Waals surface area contributed by atoms with Crippen molar-refractivity contribution in [3.8, 4) is 0 Å². The van der Waals surface area contributed by atoms with Crippen molar-refractivity contribution in [3.05, 3.63) is 6.07 Å². The van der Waals surface area contributed by atoms with Crippen LogP contribution in [0, 0.1) is 0 Å². The number of hydrogen-bond donors (Lipinski definition) is 3. The maximum Gasteiger partial charge on any atom is 0.191 e. The molecular weight excluding hydrogens is 210 g/mol. The number of hydrogen-bond acceptors (Lipinski definition) is 6. The lowest BCUT2D eigenvalue weighted by atomic mass is 10.4. The van der Waals surface area contributed by atoms with Gasteiger partial charge in [0, 0.05) is 24.4 Å². The average Bonchev–Trinajstić information content (AvgIpc) is 2.10. The highest BCUT2D eigenvalue weighted by atomic mass is 32.2. The highest BCUT2D eigenvalue weighted by Gasteiger charge is 2.01. The first kappa shape index (κ1) is 12.1. The predicted molar refractivity (Wildman–Crippen MR) is 64.7 cm³/mol. The van der Waals surface area contributed by atoms with Gasteiger partial charge in [0.2, 0.25) is 0 Å². The highest BCUT2D eigenvalue weighted by Crippen LogP contribution is 2.15. The van der Waals surface area contributed by atoms with E-state index in [0.29, 0.717) is 22.8 Å². The van der Waals surface area contributed by atoms with E-state index >= 15 is 0 Å². The number of nitrogen functional groups attached to an aromatic ring is 2. The summed E-state index contributed by atoms with van der Waals surface area (Å²) in [5, 5.41) is 3.94. The van der Waals surface area contributed by atoms with Gasteiger partial charge in [0.05, 0.1) is 0 Å². The molecule has 0 bridgehead atoms. The van der Waals surface area contributed by atoms with Gasteiger partial charge >= 0.3 is 0 Å². The van der Waals surface area contributed by atoms with Crippen LogP contribution in [0.25, 0.3) is 0 Å². The van der Waals surface area contributed by atoms with Gasteiger partial charge in [0.1, 0.15) is 11.6 Å². The Kier molecular flexibility index (Phi) is 4.64. The summed E-state index contributed by atoms with van der Waals surface area (Å²) in [6.07, 6.45) is 0. The number of aromatic nitrogens is 2. The summed E-state index contributed by atoms with van der Waals surface area (Å²) in [7, 11) is 0. The molecule has 0 fully saturated rings. The molecule has 1 aromatic heterocycles. The van der Waals surface area contributed by atoms with E-state index in [4.69, 9.17) is 11.5 Å². The van der Waals surface area contributed by atoms with Gasteiger partial charge in [-0.15, -0.1) is 0 Å². The van der Waals surface area contributed by atoms with Crippen molar-refractivity contribution in [3.63, 3.8) is 0 Å². The molecule has 0 amide bonds. The molecule has 6 heteroatoms. The second-order valence-electron chi connectivity index (χ2n) is 3.46. The Hall–Kier alpha value is -1.01. The Balaban J connectivity index is 2.37. The van der Waals surface area contributed by atoms with E-state index in [9.17, 15) is 0 Å². The minimum atomic E-state index is 0.418. The number of nitrogens with two attached hydrogens (primary N) is 2. The van der Waals surface area contributed by atoms with Crippen LogP contribution in [0.3, 0.4) is 0 Å².